The maximum atomic E-state index is 12.4. The smallest absolute Gasteiger partial charge is 0.325 e. The molecule has 0 bridgehead atoms. The topological polar surface area (TPSA) is 69.7 Å². The Morgan fingerprint density at radius 2 is 2.00 bits per heavy atom. The molecule has 0 spiro atoms. The minimum atomic E-state index is -0.483. The van der Waals surface area contributed by atoms with E-state index in [2.05, 4.69) is 5.32 Å². The van der Waals surface area contributed by atoms with E-state index in [1.54, 1.807) is 4.90 Å². The Balaban J connectivity index is 1.72. The summed E-state index contributed by atoms with van der Waals surface area (Å²) in [5.74, 6) is -0.518. The molecule has 2 saturated heterocycles. The SMILES string of the molecule is O=C1CNC(=O)N1CC(=O)N1CCCC1c1ccccc1. The maximum absolute atomic E-state index is 12.4. The Bertz CT molecular complexity index is 557. The molecule has 1 aromatic carbocycles. The molecule has 1 aromatic rings. The van der Waals surface area contributed by atoms with Crippen molar-refractivity contribution in [1.82, 2.24) is 15.1 Å². The van der Waals surface area contributed by atoms with Crippen molar-refractivity contribution in [2.24, 2.45) is 0 Å². The van der Waals surface area contributed by atoms with Gasteiger partial charge in [-0.3, -0.25) is 14.5 Å². The number of benzene rings is 1. The van der Waals surface area contributed by atoms with Crippen molar-refractivity contribution in [2.75, 3.05) is 19.6 Å². The number of urea groups is 1. The van der Waals surface area contributed by atoms with E-state index in [4.69, 9.17) is 0 Å². The highest BCUT2D eigenvalue weighted by atomic mass is 16.2. The molecule has 2 heterocycles. The van der Waals surface area contributed by atoms with E-state index in [1.807, 2.05) is 30.3 Å². The zero-order valence-electron chi connectivity index (χ0n) is 11.6. The van der Waals surface area contributed by atoms with E-state index in [9.17, 15) is 14.4 Å². The van der Waals surface area contributed by atoms with Crippen molar-refractivity contribution in [3.8, 4) is 0 Å². The number of nitrogens with zero attached hydrogens (tertiary/aromatic N) is 2. The minimum Gasteiger partial charge on any atom is -0.334 e. The molecule has 4 amide bonds. The van der Waals surface area contributed by atoms with Crippen molar-refractivity contribution < 1.29 is 14.4 Å². The second-order valence-electron chi connectivity index (χ2n) is 5.29. The minimum absolute atomic E-state index is 0.0196. The predicted molar refractivity (Wildman–Crippen MR) is 75.2 cm³/mol. The summed E-state index contributed by atoms with van der Waals surface area (Å²) in [5, 5.41) is 2.42. The zero-order valence-corrected chi connectivity index (χ0v) is 11.6. The third-order valence-corrected chi connectivity index (χ3v) is 3.99. The lowest BCUT2D eigenvalue weighted by molar-refractivity contribution is -0.137. The number of hydrogen-bond acceptors (Lipinski definition) is 3. The van der Waals surface area contributed by atoms with Crippen LogP contribution in [0.4, 0.5) is 4.79 Å². The van der Waals surface area contributed by atoms with Gasteiger partial charge in [-0.15, -0.1) is 0 Å². The average molecular weight is 287 g/mol. The number of amides is 4. The Kier molecular flexibility index (Phi) is 3.60. The van der Waals surface area contributed by atoms with Crippen molar-refractivity contribution in [3.05, 3.63) is 35.9 Å². The molecule has 1 atom stereocenters. The van der Waals surface area contributed by atoms with E-state index < -0.39 is 6.03 Å². The lowest BCUT2D eigenvalue weighted by Crippen LogP contribution is -2.42. The molecule has 0 radical (unpaired) electrons. The quantitative estimate of drug-likeness (QED) is 0.840. The Hall–Kier alpha value is -2.37. The first-order valence-electron chi connectivity index (χ1n) is 7.09. The summed E-state index contributed by atoms with van der Waals surface area (Å²) in [4.78, 5) is 38.3. The van der Waals surface area contributed by atoms with E-state index >= 15 is 0 Å². The molecule has 2 fully saturated rings. The van der Waals surface area contributed by atoms with Crippen LogP contribution in [0.2, 0.25) is 0 Å². The molecule has 1 N–H and O–H groups in total. The van der Waals surface area contributed by atoms with Gasteiger partial charge in [0.1, 0.15) is 6.54 Å². The van der Waals surface area contributed by atoms with Gasteiger partial charge in [-0.25, -0.2) is 4.79 Å². The summed E-state index contributed by atoms with van der Waals surface area (Å²) in [5.41, 5.74) is 1.10. The van der Waals surface area contributed by atoms with Crippen LogP contribution < -0.4 is 5.32 Å². The summed E-state index contributed by atoms with van der Waals surface area (Å²) in [6.45, 7) is 0.476. The Morgan fingerprint density at radius 3 is 2.67 bits per heavy atom. The molecule has 21 heavy (non-hydrogen) atoms. The van der Waals surface area contributed by atoms with E-state index in [-0.39, 0.29) is 30.9 Å². The number of rotatable bonds is 3. The van der Waals surface area contributed by atoms with Crippen LogP contribution >= 0.6 is 0 Å². The van der Waals surface area contributed by atoms with Gasteiger partial charge in [0.05, 0.1) is 12.6 Å². The summed E-state index contributed by atoms with van der Waals surface area (Å²) in [6, 6.07) is 9.41. The molecule has 110 valence electrons. The highest BCUT2D eigenvalue weighted by Crippen LogP contribution is 2.31. The number of carbonyl (C=O) groups is 3. The fourth-order valence-corrected chi connectivity index (χ4v) is 2.93. The summed E-state index contributed by atoms with van der Waals surface area (Å²) < 4.78 is 0. The highest BCUT2D eigenvalue weighted by Gasteiger charge is 2.35. The van der Waals surface area contributed by atoms with Gasteiger partial charge in [0, 0.05) is 6.54 Å². The largest absolute Gasteiger partial charge is 0.334 e. The lowest BCUT2D eigenvalue weighted by atomic mass is 10.0. The standard InChI is InChI=1S/C15H17N3O3/c19-13-9-16-15(21)18(13)10-14(20)17-8-4-7-12(17)11-5-2-1-3-6-11/h1-3,5-6,12H,4,7-10H2,(H,16,21). The van der Waals surface area contributed by atoms with Gasteiger partial charge in [0.15, 0.2) is 0 Å². The van der Waals surface area contributed by atoms with Crippen LogP contribution in [0.5, 0.6) is 0 Å². The number of hydrogen-bond donors (Lipinski definition) is 1. The van der Waals surface area contributed by atoms with Gasteiger partial charge >= 0.3 is 6.03 Å². The molecule has 6 nitrogen and oxygen atoms in total. The average Bonchev–Trinajstić information content (AvgIpc) is 3.10. The fraction of sp³-hybridized carbons (Fsp3) is 0.400. The number of carbonyl (C=O) groups excluding carboxylic acids is 3. The normalized spacial score (nSPS) is 21.8. The van der Waals surface area contributed by atoms with Gasteiger partial charge in [0.25, 0.3) is 5.91 Å². The van der Waals surface area contributed by atoms with E-state index in [1.165, 1.54) is 0 Å². The predicted octanol–water partition coefficient (Wildman–Crippen LogP) is 0.902. The second-order valence-corrected chi connectivity index (χ2v) is 5.29. The monoisotopic (exact) mass is 287 g/mol. The van der Waals surface area contributed by atoms with Crippen LogP contribution in [0.25, 0.3) is 0 Å². The third kappa shape index (κ3) is 2.61. The molecule has 3 rings (SSSR count). The van der Waals surface area contributed by atoms with Gasteiger partial charge in [-0.05, 0) is 18.4 Å². The molecule has 0 aliphatic carbocycles. The van der Waals surface area contributed by atoms with Crippen molar-refractivity contribution >= 4 is 17.8 Å². The lowest BCUT2D eigenvalue weighted by Gasteiger charge is -2.26. The van der Waals surface area contributed by atoms with E-state index in [0.717, 1.165) is 23.3 Å². The maximum Gasteiger partial charge on any atom is 0.325 e. The van der Waals surface area contributed by atoms with Crippen LogP contribution in [0.15, 0.2) is 30.3 Å². The molecule has 0 saturated carbocycles. The van der Waals surface area contributed by atoms with Crippen molar-refractivity contribution in [2.45, 2.75) is 18.9 Å². The Labute approximate surface area is 122 Å². The summed E-state index contributed by atoms with van der Waals surface area (Å²) in [7, 11) is 0. The van der Waals surface area contributed by atoms with E-state index in [0.29, 0.717) is 6.54 Å². The molecule has 0 aromatic heterocycles. The molecule has 2 aliphatic heterocycles. The number of likely N-dealkylation sites (tertiary alicyclic amines) is 1. The molecule has 6 heteroatoms. The first-order valence-corrected chi connectivity index (χ1v) is 7.09. The first kappa shape index (κ1) is 13.6. The third-order valence-electron chi connectivity index (χ3n) is 3.99. The van der Waals surface area contributed by atoms with Gasteiger partial charge in [0.2, 0.25) is 5.91 Å². The summed E-state index contributed by atoms with van der Waals surface area (Å²) >= 11 is 0. The van der Waals surface area contributed by atoms with Crippen molar-refractivity contribution in [3.63, 3.8) is 0 Å². The number of imide groups is 1. The van der Waals surface area contributed by atoms with Gasteiger partial charge in [-0.1, -0.05) is 30.3 Å². The molecular formula is C15H17N3O3. The van der Waals surface area contributed by atoms with Crippen molar-refractivity contribution in [1.29, 1.82) is 0 Å². The van der Waals surface area contributed by atoms with Crippen LogP contribution in [0.3, 0.4) is 0 Å². The number of nitrogens with one attached hydrogen (secondary N) is 1. The molecule has 1 unspecified atom stereocenters. The molecule has 2 aliphatic rings. The highest BCUT2D eigenvalue weighted by molar-refractivity contribution is 6.04. The van der Waals surface area contributed by atoms with Crippen LogP contribution in [-0.4, -0.2) is 47.3 Å². The van der Waals surface area contributed by atoms with Crippen LogP contribution in [0, 0.1) is 0 Å². The Morgan fingerprint density at radius 1 is 1.24 bits per heavy atom. The molecular weight excluding hydrogens is 270 g/mol. The van der Waals surface area contributed by atoms with Crippen LogP contribution in [0.1, 0.15) is 24.4 Å². The fourth-order valence-electron chi connectivity index (χ4n) is 2.93. The second kappa shape index (κ2) is 5.55. The van der Waals surface area contributed by atoms with Crippen LogP contribution in [-0.2, 0) is 9.59 Å². The van der Waals surface area contributed by atoms with Gasteiger partial charge in [-0.2, -0.15) is 0 Å². The summed E-state index contributed by atoms with van der Waals surface area (Å²) in [6.07, 6.45) is 1.85. The van der Waals surface area contributed by atoms with Gasteiger partial charge < -0.3 is 10.2 Å². The first-order chi connectivity index (χ1) is 10.2. The zero-order chi connectivity index (χ0) is 14.8.